The van der Waals surface area contributed by atoms with Crippen LogP contribution in [0.15, 0.2) is 42.5 Å². The molecule has 10 rings (SSSR count). The normalized spacial score (nSPS) is 33.5. The Kier molecular flexibility index (Phi) is 25.8. The summed E-state index contributed by atoms with van der Waals surface area (Å²) in [5, 5.41) is 90.5. The van der Waals surface area contributed by atoms with Crippen molar-refractivity contribution in [2.75, 3.05) is 23.7 Å². The number of ketones is 2. The van der Waals surface area contributed by atoms with Gasteiger partial charge in [0.05, 0.1) is 36.5 Å². The first kappa shape index (κ1) is 82.9. The Morgan fingerprint density at radius 3 is 1.17 bits per heavy atom. The molecular weight excluding hydrogens is 1380 g/mol. The highest BCUT2D eigenvalue weighted by atomic mass is 16.3. The zero-order chi connectivity index (χ0) is 79.1. The number of benzene rings is 2. The smallest absolute Gasteiger partial charge is 0.250 e. The van der Waals surface area contributed by atoms with E-state index in [-0.39, 0.29) is 101 Å². The molecule has 30 heteroatoms. The third-order valence-corrected chi connectivity index (χ3v) is 22.7. The van der Waals surface area contributed by atoms with Crippen LogP contribution in [0.1, 0.15) is 178 Å². The van der Waals surface area contributed by atoms with Crippen molar-refractivity contribution in [1.82, 2.24) is 51.5 Å². The third kappa shape index (κ3) is 17.3. The van der Waals surface area contributed by atoms with Crippen LogP contribution < -0.4 is 42.5 Å². The number of aliphatic hydroxyl groups excluding tert-OH is 4. The molecule has 0 bridgehead atoms. The number of para-hydroxylation sites is 1. The first-order valence-electron chi connectivity index (χ1n) is 38.1. The van der Waals surface area contributed by atoms with E-state index in [1.54, 1.807) is 91.8 Å². The minimum absolute atomic E-state index is 0.0533. The van der Waals surface area contributed by atoms with Gasteiger partial charge in [-0.3, -0.25) is 57.5 Å². The standard InChI is InChI=1S/C39H58N6O9.C38H56N6O9/c1-18(2)13-27-33(49)43-32(22(8)46)37(53)45-29(17-39(54)25-14-21(7)9-10-26(25)41-38(39)45)35(51)42-31(20(5)6)30(48)16-24(19(3)4)36(52)44-12-11-23(47)15-28(44)34(50)40-27;1-18(2)14-26-32(48)42-31(21(7)45)36(52)44-28(17-38(53)24-10-8-9-11-25(24)40-37(38)44)34(50)41-30(20(5)6)29(47)16-23(19(3)4)35(51)43-13-12-22(46)15-27(43)33(49)39-26/h9-10,14,18-20,22-24,27-29,31-32,38,41,46-47,54H,11-13,15-17H2,1-8H3,(H,40,50)(H,42,51)(H,43,49);8-11,18-23,26-28,30-31,37,40,45-46,53H,12-17H2,1-7H3,(H,39,49)(H,41,50)(H,42,48)/t22-,23-,24-,27-,28+,29-,31+,32+,38-,39+;21-,22-,23-,26-,27+,28-,30+,31+,37-,38+/m00/s1. The highest BCUT2D eigenvalue weighted by Gasteiger charge is 2.64. The third-order valence-electron chi connectivity index (χ3n) is 22.7. The molecule has 590 valence electrons. The molecule has 107 heavy (non-hydrogen) atoms. The molecule has 0 unspecified atom stereocenters. The van der Waals surface area contributed by atoms with E-state index in [1.165, 1.54) is 23.6 Å². The summed E-state index contributed by atoms with van der Waals surface area (Å²) in [7, 11) is 0. The van der Waals surface area contributed by atoms with E-state index in [0.717, 1.165) is 15.4 Å². The first-order valence-corrected chi connectivity index (χ1v) is 38.1. The molecule has 8 aliphatic heterocycles. The number of carbonyl (C=O) groups is 12. The van der Waals surface area contributed by atoms with Gasteiger partial charge in [0.15, 0.2) is 11.6 Å². The van der Waals surface area contributed by atoms with Crippen molar-refractivity contribution in [1.29, 1.82) is 0 Å². The van der Waals surface area contributed by atoms with E-state index in [4.69, 9.17) is 0 Å². The maximum absolute atomic E-state index is 14.7. The number of rotatable bonds is 10. The van der Waals surface area contributed by atoms with Gasteiger partial charge in [0.2, 0.25) is 59.1 Å². The summed E-state index contributed by atoms with van der Waals surface area (Å²) < 4.78 is 0. The van der Waals surface area contributed by atoms with Gasteiger partial charge < -0.3 is 92.8 Å². The number of piperidine rings is 2. The van der Waals surface area contributed by atoms with Crippen molar-refractivity contribution < 1.29 is 88.2 Å². The summed E-state index contributed by atoms with van der Waals surface area (Å²) in [5.41, 5.74) is -0.608. The van der Waals surface area contributed by atoms with Crippen LogP contribution in [0, 0.1) is 54.3 Å². The van der Waals surface area contributed by atoms with Gasteiger partial charge in [-0.05, 0) is 94.1 Å². The second-order valence-electron chi connectivity index (χ2n) is 33.3. The van der Waals surface area contributed by atoms with Crippen LogP contribution in [0.3, 0.4) is 0 Å². The van der Waals surface area contributed by atoms with Gasteiger partial charge in [0.1, 0.15) is 71.9 Å². The van der Waals surface area contributed by atoms with Gasteiger partial charge in [-0.15, -0.1) is 0 Å². The number of anilines is 2. The molecule has 8 aliphatic rings. The van der Waals surface area contributed by atoms with Gasteiger partial charge in [-0.2, -0.15) is 0 Å². The molecule has 0 radical (unpaired) electrons. The zero-order valence-electron chi connectivity index (χ0n) is 64.3. The Balaban J connectivity index is 0.000000247. The number of hydrogen-bond acceptors (Lipinski definition) is 20. The Hall–Kier alpha value is -8.16. The molecule has 20 atom stereocenters. The number of nitrogens with zero attached hydrogens (tertiary/aromatic N) is 4. The van der Waals surface area contributed by atoms with Crippen molar-refractivity contribution in [2.45, 2.75) is 276 Å². The Morgan fingerprint density at radius 2 is 0.794 bits per heavy atom. The van der Waals surface area contributed by atoms with Gasteiger partial charge in [0.25, 0.3) is 0 Å². The molecule has 0 aliphatic carbocycles. The van der Waals surface area contributed by atoms with E-state index in [2.05, 4.69) is 42.5 Å². The van der Waals surface area contributed by atoms with Crippen molar-refractivity contribution >= 4 is 82.0 Å². The van der Waals surface area contributed by atoms with Crippen molar-refractivity contribution in [2.24, 2.45) is 47.3 Å². The highest BCUT2D eigenvalue weighted by molar-refractivity contribution is 6.02. The lowest BCUT2D eigenvalue weighted by atomic mass is 9.84. The first-order chi connectivity index (χ1) is 50.1. The molecule has 0 saturated carbocycles. The Labute approximate surface area is 625 Å². The van der Waals surface area contributed by atoms with Crippen LogP contribution in [0.5, 0.6) is 0 Å². The van der Waals surface area contributed by atoms with Crippen molar-refractivity contribution in [3.05, 3.63) is 59.2 Å². The van der Waals surface area contributed by atoms with Crippen molar-refractivity contribution in [3.8, 4) is 0 Å². The van der Waals surface area contributed by atoms with E-state index >= 15 is 0 Å². The van der Waals surface area contributed by atoms with Gasteiger partial charge in [-0.25, -0.2) is 0 Å². The average Bonchev–Trinajstić information content (AvgIpc) is 1.56. The summed E-state index contributed by atoms with van der Waals surface area (Å²) in [4.78, 5) is 176. The van der Waals surface area contributed by atoms with Crippen LogP contribution in [-0.4, -0.2) is 231 Å². The van der Waals surface area contributed by atoms with Gasteiger partial charge in [0, 0.05) is 86.0 Å². The number of nitrogens with one attached hydrogen (secondary N) is 8. The second kappa shape index (κ2) is 33.4. The number of Topliss-reactive ketones (excluding diaryl/α,β-unsaturated/α-hetero) is 2. The molecule has 0 aromatic heterocycles. The molecule has 30 nitrogen and oxygen atoms in total. The molecule has 14 N–H and O–H groups in total. The predicted molar refractivity (Wildman–Crippen MR) is 392 cm³/mol. The summed E-state index contributed by atoms with van der Waals surface area (Å²) in [6.07, 6.45) is -7.52. The lowest BCUT2D eigenvalue weighted by molar-refractivity contribution is -0.151. The van der Waals surface area contributed by atoms with E-state index in [1.807, 2.05) is 40.7 Å². The molecule has 8 heterocycles. The average molecular weight is 1500 g/mol. The summed E-state index contributed by atoms with van der Waals surface area (Å²) in [6, 6.07) is -0.470. The molecule has 10 amide bonds. The molecular formula is C77H114N12O18. The second-order valence-corrected chi connectivity index (χ2v) is 33.3. The van der Waals surface area contributed by atoms with Crippen LogP contribution in [0.4, 0.5) is 11.4 Å². The van der Waals surface area contributed by atoms with Crippen LogP contribution in [-0.2, 0) is 68.7 Å². The molecule has 0 spiro atoms. The minimum Gasteiger partial charge on any atom is -0.393 e. The van der Waals surface area contributed by atoms with E-state index in [9.17, 15) is 88.2 Å². The highest BCUT2D eigenvalue weighted by Crippen LogP contribution is 2.52. The lowest BCUT2D eigenvalue weighted by Gasteiger charge is -2.40. The predicted octanol–water partition coefficient (Wildman–Crippen LogP) is 1.03. The number of aliphatic hydroxyl groups is 6. The number of fused-ring (bicyclic) bond motifs is 12. The molecule has 2 aromatic carbocycles. The fraction of sp³-hybridized carbons (Fsp3) is 0.688. The van der Waals surface area contributed by atoms with Crippen LogP contribution in [0.2, 0.25) is 0 Å². The Morgan fingerprint density at radius 1 is 0.430 bits per heavy atom. The van der Waals surface area contributed by atoms with Gasteiger partial charge in [-0.1, -0.05) is 119 Å². The summed E-state index contributed by atoms with van der Waals surface area (Å²) in [5.74, 6) is -11.2. The minimum atomic E-state index is -1.75. The van der Waals surface area contributed by atoms with E-state index in [0.29, 0.717) is 22.5 Å². The Bertz CT molecular complexity index is 3720. The lowest BCUT2D eigenvalue weighted by Crippen LogP contribution is -2.64. The number of aryl methyl sites for hydroxylation is 1. The molecule has 6 fully saturated rings. The maximum Gasteiger partial charge on any atom is 0.250 e. The zero-order valence-corrected chi connectivity index (χ0v) is 64.3. The fourth-order valence-corrected chi connectivity index (χ4v) is 16.7. The largest absolute Gasteiger partial charge is 0.393 e. The quantitative estimate of drug-likeness (QED) is 0.158. The summed E-state index contributed by atoms with van der Waals surface area (Å²) >= 11 is 0. The maximum atomic E-state index is 14.7. The van der Waals surface area contributed by atoms with Crippen LogP contribution in [0.25, 0.3) is 0 Å². The van der Waals surface area contributed by atoms with E-state index < -0.39 is 203 Å². The summed E-state index contributed by atoms with van der Waals surface area (Å²) in [6.45, 7) is 26.1. The topological polar surface area (TPSA) is 435 Å². The van der Waals surface area contributed by atoms with Crippen LogP contribution >= 0.6 is 0 Å². The van der Waals surface area contributed by atoms with Crippen molar-refractivity contribution in [3.63, 3.8) is 0 Å². The number of amides is 10. The molecule has 2 aromatic rings. The van der Waals surface area contributed by atoms with Gasteiger partial charge >= 0.3 is 0 Å². The SMILES string of the molecule is CC(C)C[C@@H]1NC(=O)[C@H]2C[C@@H](O)CCN2C(=O)[C@H](C(C)C)CC(=O)[C@@H](C(C)C)NC(=O)[C@@H]2C[C@@]3(O)c4ccccc4N[C@H]3N2C(=O)[C@@H]([C@H](C)O)NC1=O.Cc1ccc2c(c1)[C@]1(O)C[C@H]3C(=O)N[C@H](C(C)C)C(=O)C[C@@H](C(C)C)C(=O)N4CC[C@H](O)C[C@@H]4C(=O)N[C@@H](CC(C)C)C(=O)N[C@H]([C@H](C)O)C(=O)N3[C@@H]1N2. The number of carbonyl (C=O) groups excluding carboxylic acids is 12. The molecule has 6 saturated heterocycles. The fourth-order valence-electron chi connectivity index (χ4n) is 16.7. The number of hydrogen-bond donors (Lipinski definition) is 14. The monoisotopic (exact) mass is 1490 g/mol.